The summed E-state index contributed by atoms with van der Waals surface area (Å²) >= 11 is 1.44. The molecule has 0 radical (unpaired) electrons. The molecule has 0 aliphatic heterocycles. The summed E-state index contributed by atoms with van der Waals surface area (Å²) in [5.41, 5.74) is 13.7. The second kappa shape index (κ2) is 12.8. The van der Waals surface area contributed by atoms with Gasteiger partial charge in [0.15, 0.2) is 17.0 Å². The quantitative estimate of drug-likeness (QED) is 0.140. The SMILES string of the molecule is CC(C)(C)c1ccc(C(=O)NCCC[C@H](NC(=O)c2ccc(NCc3cnc4nc(N)nc(N)c4n3)cc2)C(=O)O)s1. The van der Waals surface area contributed by atoms with Gasteiger partial charge in [-0.3, -0.25) is 9.59 Å². The van der Waals surface area contributed by atoms with Crippen LogP contribution in [0.2, 0.25) is 0 Å². The molecule has 1 aromatic carbocycles. The molecule has 42 heavy (non-hydrogen) atoms. The van der Waals surface area contributed by atoms with Crippen molar-refractivity contribution in [3.8, 4) is 0 Å². The van der Waals surface area contributed by atoms with Crippen molar-refractivity contribution in [2.45, 2.75) is 51.6 Å². The van der Waals surface area contributed by atoms with Gasteiger partial charge >= 0.3 is 5.97 Å². The van der Waals surface area contributed by atoms with Gasteiger partial charge in [0.2, 0.25) is 5.95 Å². The van der Waals surface area contributed by atoms with Crippen LogP contribution in [-0.4, -0.2) is 55.4 Å². The largest absolute Gasteiger partial charge is 0.480 e. The molecule has 2 amide bonds. The number of carboxylic acid groups (broad SMARTS) is 1. The van der Waals surface area contributed by atoms with Crippen LogP contribution in [0.3, 0.4) is 0 Å². The molecule has 4 aromatic rings. The van der Waals surface area contributed by atoms with E-state index in [2.05, 4.69) is 56.7 Å². The average molecular weight is 592 g/mol. The van der Waals surface area contributed by atoms with Crippen LogP contribution in [0.5, 0.6) is 0 Å². The second-order valence-corrected chi connectivity index (χ2v) is 11.7. The van der Waals surface area contributed by atoms with Crippen LogP contribution in [0.4, 0.5) is 17.5 Å². The lowest BCUT2D eigenvalue weighted by Gasteiger charge is -2.15. The zero-order valence-electron chi connectivity index (χ0n) is 23.5. The molecule has 0 unspecified atom stereocenters. The number of hydrogen-bond acceptors (Lipinski definition) is 11. The molecule has 1 atom stereocenters. The van der Waals surface area contributed by atoms with Crippen molar-refractivity contribution in [1.29, 1.82) is 0 Å². The fourth-order valence-corrected chi connectivity index (χ4v) is 4.94. The summed E-state index contributed by atoms with van der Waals surface area (Å²) in [6.07, 6.45) is 2.09. The lowest BCUT2D eigenvalue weighted by molar-refractivity contribution is -0.139. The number of carboxylic acids is 1. The van der Waals surface area contributed by atoms with Gasteiger partial charge in [-0.15, -0.1) is 11.3 Å². The Balaban J connectivity index is 1.25. The minimum Gasteiger partial charge on any atom is -0.480 e. The molecule has 14 heteroatoms. The first-order chi connectivity index (χ1) is 19.9. The molecule has 0 fully saturated rings. The number of carbonyl (C=O) groups excluding carboxylic acids is 2. The smallest absolute Gasteiger partial charge is 0.326 e. The summed E-state index contributed by atoms with van der Waals surface area (Å²) in [6, 6.07) is 9.21. The summed E-state index contributed by atoms with van der Waals surface area (Å²) in [5, 5.41) is 18.2. The summed E-state index contributed by atoms with van der Waals surface area (Å²) < 4.78 is 0. The summed E-state index contributed by atoms with van der Waals surface area (Å²) in [7, 11) is 0. The second-order valence-electron chi connectivity index (χ2n) is 10.6. The third-order valence-electron chi connectivity index (χ3n) is 6.25. The van der Waals surface area contributed by atoms with Crippen molar-refractivity contribution in [1.82, 2.24) is 30.6 Å². The number of amides is 2. The van der Waals surface area contributed by atoms with Gasteiger partial charge in [-0.25, -0.2) is 14.8 Å². The number of aromatic nitrogens is 4. The lowest BCUT2D eigenvalue weighted by atomic mass is 9.95. The maximum absolute atomic E-state index is 12.7. The number of nitrogens with two attached hydrogens (primary N) is 2. The van der Waals surface area contributed by atoms with Gasteiger partial charge in [0.1, 0.15) is 6.04 Å². The highest BCUT2D eigenvalue weighted by molar-refractivity contribution is 7.14. The van der Waals surface area contributed by atoms with E-state index in [9.17, 15) is 19.5 Å². The molecule has 3 heterocycles. The number of fused-ring (bicyclic) bond motifs is 1. The van der Waals surface area contributed by atoms with Crippen LogP contribution in [-0.2, 0) is 16.8 Å². The number of aliphatic carboxylic acids is 1. The maximum Gasteiger partial charge on any atom is 0.326 e. The summed E-state index contributed by atoms with van der Waals surface area (Å²) in [4.78, 5) is 55.2. The first-order valence-corrected chi connectivity index (χ1v) is 14.0. The highest BCUT2D eigenvalue weighted by atomic mass is 32.1. The Kier molecular flexibility index (Phi) is 9.15. The van der Waals surface area contributed by atoms with Crippen molar-refractivity contribution >= 4 is 57.7 Å². The molecule has 0 saturated heterocycles. The van der Waals surface area contributed by atoms with Crippen LogP contribution >= 0.6 is 11.3 Å². The standard InChI is InChI=1S/C28H33N9O4S/c1-28(2,3)20-11-10-19(42-20)25(39)31-12-4-5-18(26(40)41)35-24(38)15-6-8-16(9-7-15)32-13-17-14-33-23-21(34-17)22(29)36-27(30)37-23/h6-11,14,18,32H,4-5,12-13H2,1-3H3,(H,31,39)(H,35,38)(H,40,41)(H4,29,30,33,36,37)/t18-/m0/s1. The summed E-state index contributed by atoms with van der Waals surface area (Å²) in [6.45, 7) is 6.86. The minimum absolute atomic E-state index is 0.0204. The normalized spacial score (nSPS) is 12.1. The molecular formula is C28H33N9O4S. The van der Waals surface area contributed by atoms with Gasteiger partial charge < -0.3 is 32.5 Å². The maximum atomic E-state index is 12.7. The lowest BCUT2D eigenvalue weighted by Crippen LogP contribution is -2.41. The van der Waals surface area contributed by atoms with Gasteiger partial charge in [0.05, 0.1) is 23.3 Å². The van der Waals surface area contributed by atoms with E-state index in [0.717, 1.165) is 4.88 Å². The van der Waals surface area contributed by atoms with Gasteiger partial charge in [-0.1, -0.05) is 20.8 Å². The van der Waals surface area contributed by atoms with Gasteiger partial charge in [-0.05, 0) is 54.7 Å². The molecule has 0 saturated carbocycles. The number of anilines is 3. The topological polar surface area (TPSA) is 211 Å². The van der Waals surface area contributed by atoms with Gasteiger partial charge in [0, 0.05) is 22.7 Å². The number of rotatable bonds is 11. The van der Waals surface area contributed by atoms with Crippen LogP contribution < -0.4 is 27.4 Å². The third-order valence-corrected chi connectivity index (χ3v) is 7.76. The molecule has 3 aromatic heterocycles. The Hall–Kier alpha value is -4.85. The first-order valence-electron chi connectivity index (χ1n) is 13.2. The van der Waals surface area contributed by atoms with E-state index in [1.807, 2.05) is 6.07 Å². The molecule has 0 aliphatic rings. The van der Waals surface area contributed by atoms with Crippen molar-refractivity contribution in [3.63, 3.8) is 0 Å². The number of benzene rings is 1. The molecule has 4 rings (SSSR count). The number of nitrogens with zero attached hydrogens (tertiary/aromatic N) is 4. The van der Waals surface area contributed by atoms with Crippen LogP contribution in [0, 0.1) is 0 Å². The number of thiophene rings is 1. The molecule has 0 aliphatic carbocycles. The number of carbonyl (C=O) groups is 3. The molecule has 0 spiro atoms. The third kappa shape index (κ3) is 7.66. The van der Waals surface area contributed by atoms with Crippen molar-refractivity contribution in [3.05, 3.63) is 63.6 Å². The van der Waals surface area contributed by atoms with E-state index in [4.69, 9.17) is 11.5 Å². The van der Waals surface area contributed by atoms with E-state index in [0.29, 0.717) is 46.0 Å². The highest BCUT2D eigenvalue weighted by Crippen LogP contribution is 2.29. The van der Waals surface area contributed by atoms with E-state index in [1.165, 1.54) is 11.3 Å². The fraction of sp³-hybridized carbons (Fsp3) is 0.321. The predicted molar refractivity (Wildman–Crippen MR) is 161 cm³/mol. The molecule has 8 N–H and O–H groups in total. The Morgan fingerprint density at radius 2 is 1.74 bits per heavy atom. The van der Waals surface area contributed by atoms with Gasteiger partial charge in [-0.2, -0.15) is 9.97 Å². The van der Waals surface area contributed by atoms with Crippen molar-refractivity contribution in [2.24, 2.45) is 0 Å². The highest BCUT2D eigenvalue weighted by Gasteiger charge is 2.21. The number of hydrogen-bond donors (Lipinski definition) is 6. The molecule has 0 bridgehead atoms. The first kappa shape index (κ1) is 30.1. The van der Waals surface area contributed by atoms with Crippen molar-refractivity contribution < 1.29 is 19.5 Å². The Bertz CT molecular complexity index is 1600. The number of nitrogens with one attached hydrogen (secondary N) is 3. The van der Waals surface area contributed by atoms with Gasteiger partial charge in [0.25, 0.3) is 11.8 Å². The Labute approximate surface area is 246 Å². The Morgan fingerprint density at radius 1 is 1.00 bits per heavy atom. The zero-order chi connectivity index (χ0) is 30.4. The van der Waals surface area contributed by atoms with Crippen LogP contribution in [0.1, 0.15) is 64.2 Å². The Morgan fingerprint density at radius 3 is 2.40 bits per heavy atom. The van der Waals surface area contributed by atoms with Crippen molar-refractivity contribution in [2.75, 3.05) is 23.3 Å². The molecular weight excluding hydrogens is 558 g/mol. The predicted octanol–water partition coefficient (Wildman–Crippen LogP) is 2.95. The van der Waals surface area contributed by atoms with E-state index in [1.54, 1.807) is 36.5 Å². The number of nitrogen functional groups attached to an aromatic ring is 2. The van der Waals surface area contributed by atoms with E-state index >= 15 is 0 Å². The average Bonchev–Trinajstić information content (AvgIpc) is 3.45. The summed E-state index contributed by atoms with van der Waals surface area (Å²) in [5.74, 6) is -1.70. The van der Waals surface area contributed by atoms with E-state index in [-0.39, 0.29) is 36.1 Å². The monoisotopic (exact) mass is 591 g/mol. The fourth-order valence-electron chi connectivity index (χ4n) is 3.96. The van der Waals surface area contributed by atoms with E-state index < -0.39 is 17.9 Å². The van der Waals surface area contributed by atoms with Crippen LogP contribution in [0.15, 0.2) is 42.6 Å². The zero-order valence-corrected chi connectivity index (χ0v) is 24.3. The minimum atomic E-state index is -1.15. The molecule has 13 nitrogen and oxygen atoms in total. The molecule has 220 valence electrons. The van der Waals surface area contributed by atoms with Crippen LogP contribution in [0.25, 0.3) is 11.2 Å².